The zero-order chi connectivity index (χ0) is 23.6. The lowest BCUT2D eigenvalue weighted by Gasteiger charge is -2.21. The van der Waals surface area contributed by atoms with E-state index in [9.17, 15) is 18.0 Å². The summed E-state index contributed by atoms with van der Waals surface area (Å²) in [5.74, 6) is 5.03. The van der Waals surface area contributed by atoms with Crippen LogP contribution in [0, 0.1) is 11.8 Å². The van der Waals surface area contributed by atoms with Gasteiger partial charge in [0.25, 0.3) is 0 Å². The molecule has 7 nitrogen and oxygen atoms in total. The Morgan fingerprint density at radius 1 is 1.33 bits per heavy atom. The number of imidazole rings is 2. The summed E-state index contributed by atoms with van der Waals surface area (Å²) in [6.45, 7) is -0.806. The molecule has 2 N–H and O–H groups in total. The van der Waals surface area contributed by atoms with Gasteiger partial charge in [0.2, 0.25) is 0 Å². The minimum atomic E-state index is -3.05. The third kappa shape index (κ3) is 5.57. The molecule has 4 rings (SSSR count). The Morgan fingerprint density at radius 2 is 2.15 bits per heavy atom. The van der Waals surface area contributed by atoms with Crippen LogP contribution in [-0.2, 0) is 7.05 Å². The van der Waals surface area contributed by atoms with Crippen LogP contribution in [0.1, 0.15) is 29.3 Å². The molecule has 1 aliphatic rings. The quantitative estimate of drug-likeness (QED) is 0.285. The first-order chi connectivity index (χ1) is 15.7. The minimum Gasteiger partial charge on any atom is -0.331 e. The summed E-state index contributed by atoms with van der Waals surface area (Å²) in [6, 6.07) is 2.82. The van der Waals surface area contributed by atoms with Gasteiger partial charge in [0, 0.05) is 59.7 Å². The van der Waals surface area contributed by atoms with Crippen molar-refractivity contribution in [1.29, 1.82) is 0 Å². The summed E-state index contributed by atoms with van der Waals surface area (Å²) in [5.41, 5.74) is 3.11. The molecule has 170 valence electrons. The lowest BCUT2D eigenvalue weighted by atomic mass is 9.94. The Labute approximate surface area is 200 Å². The van der Waals surface area contributed by atoms with E-state index in [0.29, 0.717) is 17.0 Å². The van der Waals surface area contributed by atoms with Crippen LogP contribution in [0.4, 0.5) is 18.0 Å². The van der Waals surface area contributed by atoms with E-state index in [0.717, 1.165) is 33.8 Å². The molecule has 3 heterocycles. The molecule has 1 aliphatic carbocycles. The molecule has 0 saturated carbocycles. The number of hydrogen-bond acceptors (Lipinski definition) is 3. The number of rotatable bonds is 4. The third-order valence-electron chi connectivity index (χ3n) is 4.97. The van der Waals surface area contributed by atoms with Gasteiger partial charge in [0.15, 0.2) is 0 Å². The molecule has 0 radical (unpaired) electrons. The van der Waals surface area contributed by atoms with Crippen molar-refractivity contribution in [3.05, 3.63) is 77.7 Å². The molecular weight excluding hydrogens is 548 g/mol. The smallest absolute Gasteiger partial charge is 0.319 e. The van der Waals surface area contributed by atoms with E-state index in [1.54, 1.807) is 41.5 Å². The van der Waals surface area contributed by atoms with Gasteiger partial charge in [-0.15, -0.1) is 0 Å². The molecule has 2 amide bonds. The van der Waals surface area contributed by atoms with E-state index in [1.165, 1.54) is 12.2 Å². The largest absolute Gasteiger partial charge is 0.331 e. The van der Waals surface area contributed by atoms with Gasteiger partial charge < -0.3 is 19.6 Å². The first kappa shape index (κ1) is 22.9. The van der Waals surface area contributed by atoms with Crippen molar-refractivity contribution in [1.82, 2.24) is 29.6 Å². The summed E-state index contributed by atoms with van der Waals surface area (Å²) in [5, 5.41) is 4.60. The number of halogens is 4. The van der Waals surface area contributed by atoms with E-state index in [1.807, 2.05) is 11.6 Å². The topological polar surface area (TPSA) is 76.2 Å². The van der Waals surface area contributed by atoms with E-state index in [4.69, 9.17) is 0 Å². The number of amides is 2. The van der Waals surface area contributed by atoms with Gasteiger partial charge in [-0.1, -0.05) is 5.92 Å². The molecule has 3 aromatic rings. The van der Waals surface area contributed by atoms with E-state index in [-0.39, 0.29) is 12.2 Å². The molecule has 0 saturated heterocycles. The highest BCUT2D eigenvalue weighted by atomic mass is 127. The molecule has 33 heavy (non-hydrogen) atoms. The summed E-state index contributed by atoms with van der Waals surface area (Å²) in [6.07, 6.45) is 9.49. The lowest BCUT2D eigenvalue weighted by Crippen LogP contribution is -2.40. The van der Waals surface area contributed by atoms with Crippen molar-refractivity contribution in [3.63, 3.8) is 0 Å². The average Bonchev–Trinajstić information content (AvgIpc) is 3.37. The van der Waals surface area contributed by atoms with E-state index < -0.39 is 22.4 Å². The number of carbonyl (C=O) groups is 1. The van der Waals surface area contributed by atoms with Gasteiger partial charge in [-0.2, -0.15) is 8.78 Å². The normalized spacial score (nSPS) is 16.0. The molecule has 11 heteroatoms. The van der Waals surface area contributed by atoms with Crippen LogP contribution in [-0.4, -0.2) is 35.4 Å². The van der Waals surface area contributed by atoms with Crippen molar-refractivity contribution in [2.45, 2.75) is 16.3 Å². The Bertz CT molecular complexity index is 1330. The zero-order valence-electron chi connectivity index (χ0n) is 17.3. The van der Waals surface area contributed by atoms with Crippen molar-refractivity contribution < 1.29 is 18.0 Å². The second-order valence-corrected chi connectivity index (χ2v) is 8.97. The fourth-order valence-corrected chi connectivity index (χ4v) is 3.53. The predicted molar refractivity (Wildman–Crippen MR) is 125 cm³/mol. The van der Waals surface area contributed by atoms with Crippen LogP contribution >= 0.6 is 22.6 Å². The second-order valence-electron chi connectivity index (χ2n) is 7.39. The number of hydrogen-bond donors (Lipinski definition) is 2. The fourth-order valence-electron chi connectivity index (χ4n) is 3.34. The van der Waals surface area contributed by atoms with Crippen LogP contribution in [0.15, 0.2) is 60.7 Å². The molecule has 1 unspecified atom stereocenters. The van der Waals surface area contributed by atoms with Gasteiger partial charge in [0.1, 0.15) is 17.2 Å². The van der Waals surface area contributed by atoms with Gasteiger partial charge >= 0.3 is 9.96 Å². The zero-order valence-corrected chi connectivity index (χ0v) is 19.5. The van der Waals surface area contributed by atoms with Gasteiger partial charge in [-0.25, -0.2) is 19.2 Å². The highest BCUT2D eigenvalue weighted by Crippen LogP contribution is 2.34. The van der Waals surface area contributed by atoms with E-state index >= 15 is 0 Å². The number of urea groups is 1. The van der Waals surface area contributed by atoms with Crippen LogP contribution in [0.2, 0.25) is 0 Å². The Balaban J connectivity index is 1.50. The lowest BCUT2D eigenvalue weighted by molar-refractivity contribution is 0.127. The molecule has 3 aromatic heterocycles. The number of allylic oxidation sites excluding steroid dienone is 4. The summed E-state index contributed by atoms with van der Waals surface area (Å²) in [7, 11) is 1.85. The molecule has 0 spiro atoms. The monoisotopic (exact) mass is 566 g/mol. The maximum atomic E-state index is 14.7. The first-order valence-electron chi connectivity index (χ1n) is 9.83. The molecule has 0 bridgehead atoms. The third-order valence-corrected chi connectivity index (χ3v) is 5.36. The molecule has 1 atom stereocenters. The number of carbonyl (C=O) groups excluding carboxylic acids is 1. The van der Waals surface area contributed by atoms with Gasteiger partial charge in [-0.3, -0.25) is 0 Å². The van der Waals surface area contributed by atoms with Crippen molar-refractivity contribution >= 4 is 34.3 Å². The summed E-state index contributed by atoms with van der Waals surface area (Å²) < 4.78 is 41.0. The number of aryl methyl sites for hydroxylation is 1. The van der Waals surface area contributed by atoms with Crippen LogP contribution in [0.5, 0.6) is 0 Å². The van der Waals surface area contributed by atoms with Crippen LogP contribution in [0.3, 0.4) is 0 Å². The minimum absolute atomic E-state index is 0.145. The Kier molecular flexibility index (Phi) is 6.46. The summed E-state index contributed by atoms with van der Waals surface area (Å²) in [4.78, 5) is 20.3. The van der Waals surface area contributed by atoms with Crippen molar-refractivity contribution in [3.8, 4) is 11.8 Å². The molecule has 0 aromatic carbocycles. The maximum Gasteiger partial charge on any atom is 0.319 e. The van der Waals surface area contributed by atoms with E-state index in [2.05, 4.69) is 32.4 Å². The standard InChI is InChI=1S/C22H18F3IN6O/c1-31-13-27-10-16(31)4-2-14-6-7-32-19(11-28-20(32)8-14)17-9-15(3-5-18(17)23)30-21(33)29-12-22(24,25)26/h3,5-8,10-11,13,17H,9,12H2,1H3,(H2,29,30,33). The SMILES string of the molecule is Cn1cncc1C#Cc1ccn2c(C3CC(NC(=O)NCC(F)(F)I)=CC=C3F)cnc2c1. The van der Waals surface area contributed by atoms with Crippen molar-refractivity contribution in [2.24, 2.45) is 7.05 Å². The number of fused-ring (bicyclic) bond motifs is 1. The second kappa shape index (κ2) is 9.30. The maximum absolute atomic E-state index is 14.7. The molecule has 0 fully saturated rings. The molecular formula is C22H18F3IN6O. The Morgan fingerprint density at radius 3 is 2.88 bits per heavy atom. The van der Waals surface area contributed by atoms with Crippen LogP contribution < -0.4 is 10.6 Å². The van der Waals surface area contributed by atoms with Gasteiger partial charge in [-0.05, 0) is 30.2 Å². The van der Waals surface area contributed by atoms with Crippen molar-refractivity contribution in [2.75, 3.05) is 6.54 Å². The Hall–Kier alpha value is -3.27. The van der Waals surface area contributed by atoms with Gasteiger partial charge in [0.05, 0.1) is 30.7 Å². The first-order valence-corrected chi connectivity index (χ1v) is 10.9. The predicted octanol–water partition coefficient (Wildman–Crippen LogP) is 4.02. The molecule has 0 aliphatic heterocycles. The number of nitrogens with zero attached hydrogens (tertiary/aromatic N) is 4. The van der Waals surface area contributed by atoms with Crippen LogP contribution in [0.25, 0.3) is 5.65 Å². The highest BCUT2D eigenvalue weighted by Gasteiger charge is 2.27. The summed E-state index contributed by atoms with van der Waals surface area (Å²) >= 11 is 0.941. The number of alkyl halides is 3. The number of pyridine rings is 1. The average molecular weight is 566 g/mol. The fraction of sp³-hybridized carbons (Fsp3) is 0.227. The number of aromatic nitrogens is 4. The number of nitrogens with one attached hydrogen (secondary N) is 2. The highest BCUT2D eigenvalue weighted by molar-refractivity contribution is 14.1.